The van der Waals surface area contributed by atoms with Crippen molar-refractivity contribution in [1.29, 1.82) is 0 Å². The van der Waals surface area contributed by atoms with Crippen LogP contribution in [0.3, 0.4) is 0 Å². The Labute approximate surface area is 125 Å². The molecule has 5 nitrogen and oxygen atoms in total. The Bertz CT molecular complexity index is 831. The number of halogens is 1. The van der Waals surface area contributed by atoms with Crippen LogP contribution in [0.25, 0.3) is 10.8 Å². The number of carboxylic acids is 1. The summed E-state index contributed by atoms with van der Waals surface area (Å²) in [7, 11) is 0. The monoisotopic (exact) mass is 299 g/mol. The Balaban J connectivity index is 2.11. The molecule has 0 unspecified atom stereocenters. The van der Waals surface area contributed by atoms with Gasteiger partial charge in [0.05, 0.1) is 0 Å². The zero-order valence-electron chi connectivity index (χ0n) is 10.7. The van der Waals surface area contributed by atoms with E-state index in [4.69, 9.17) is 11.6 Å². The molecule has 104 valence electrons. The molecule has 0 fully saturated rings. The SMILES string of the molecule is O=C(O)c1ccc(Cl)nc1Nc1cccc2ccncc12. The van der Waals surface area contributed by atoms with Crippen molar-refractivity contribution in [2.75, 3.05) is 5.32 Å². The second kappa shape index (κ2) is 5.38. The highest BCUT2D eigenvalue weighted by atomic mass is 35.5. The van der Waals surface area contributed by atoms with Crippen LogP contribution in [0.15, 0.2) is 48.8 Å². The van der Waals surface area contributed by atoms with E-state index in [9.17, 15) is 9.90 Å². The van der Waals surface area contributed by atoms with E-state index < -0.39 is 5.97 Å². The van der Waals surface area contributed by atoms with Gasteiger partial charge in [-0.05, 0) is 29.7 Å². The third-order valence-corrected chi connectivity index (χ3v) is 3.24. The molecule has 6 heteroatoms. The Morgan fingerprint density at radius 3 is 2.86 bits per heavy atom. The first-order chi connectivity index (χ1) is 10.1. The second-order valence-corrected chi connectivity index (χ2v) is 4.75. The summed E-state index contributed by atoms with van der Waals surface area (Å²) in [4.78, 5) is 19.4. The number of carboxylic acid groups (broad SMARTS) is 1. The number of nitrogens with one attached hydrogen (secondary N) is 1. The van der Waals surface area contributed by atoms with Crippen LogP contribution in [0.4, 0.5) is 11.5 Å². The third-order valence-electron chi connectivity index (χ3n) is 3.03. The highest BCUT2D eigenvalue weighted by Gasteiger charge is 2.13. The molecule has 0 spiro atoms. The maximum Gasteiger partial charge on any atom is 0.339 e. The molecule has 3 rings (SSSR count). The average molecular weight is 300 g/mol. The van der Waals surface area contributed by atoms with Crippen LogP contribution in [0.1, 0.15) is 10.4 Å². The van der Waals surface area contributed by atoms with Crippen molar-refractivity contribution in [1.82, 2.24) is 9.97 Å². The minimum atomic E-state index is -1.07. The van der Waals surface area contributed by atoms with Crippen LogP contribution < -0.4 is 5.32 Å². The summed E-state index contributed by atoms with van der Waals surface area (Å²) in [6.45, 7) is 0. The van der Waals surface area contributed by atoms with E-state index >= 15 is 0 Å². The van der Waals surface area contributed by atoms with Gasteiger partial charge in [0, 0.05) is 23.5 Å². The van der Waals surface area contributed by atoms with Gasteiger partial charge in [-0.1, -0.05) is 23.7 Å². The molecular formula is C15H10ClN3O2. The van der Waals surface area contributed by atoms with Gasteiger partial charge in [0.2, 0.25) is 0 Å². The molecule has 0 saturated heterocycles. The predicted octanol–water partition coefficient (Wildman–Crippen LogP) is 3.73. The lowest BCUT2D eigenvalue weighted by molar-refractivity contribution is 0.0697. The third kappa shape index (κ3) is 2.64. The van der Waals surface area contributed by atoms with E-state index in [2.05, 4.69) is 15.3 Å². The average Bonchev–Trinajstić information content (AvgIpc) is 2.47. The van der Waals surface area contributed by atoms with Gasteiger partial charge in [-0.15, -0.1) is 0 Å². The number of carbonyl (C=O) groups is 1. The van der Waals surface area contributed by atoms with E-state index in [-0.39, 0.29) is 16.5 Å². The van der Waals surface area contributed by atoms with Gasteiger partial charge in [0.25, 0.3) is 0 Å². The number of aromatic carboxylic acids is 1. The van der Waals surface area contributed by atoms with Crippen LogP contribution >= 0.6 is 11.6 Å². The van der Waals surface area contributed by atoms with Crippen molar-refractivity contribution in [3.63, 3.8) is 0 Å². The predicted molar refractivity (Wildman–Crippen MR) is 81.2 cm³/mol. The molecule has 0 bridgehead atoms. The van der Waals surface area contributed by atoms with E-state index in [1.807, 2.05) is 24.3 Å². The molecule has 3 aromatic rings. The quantitative estimate of drug-likeness (QED) is 0.721. The second-order valence-electron chi connectivity index (χ2n) is 4.36. The lowest BCUT2D eigenvalue weighted by Crippen LogP contribution is -2.05. The van der Waals surface area contributed by atoms with Crippen molar-refractivity contribution in [3.05, 3.63) is 59.5 Å². The molecule has 0 saturated carbocycles. The first kappa shape index (κ1) is 13.3. The summed E-state index contributed by atoms with van der Waals surface area (Å²) in [5.41, 5.74) is 0.776. The number of nitrogens with zero attached hydrogens (tertiary/aromatic N) is 2. The van der Waals surface area contributed by atoms with Crippen molar-refractivity contribution >= 4 is 39.8 Å². The topological polar surface area (TPSA) is 75.1 Å². The molecule has 21 heavy (non-hydrogen) atoms. The van der Waals surface area contributed by atoms with E-state index in [0.29, 0.717) is 0 Å². The first-order valence-electron chi connectivity index (χ1n) is 6.15. The fourth-order valence-corrected chi connectivity index (χ4v) is 2.20. The summed E-state index contributed by atoms with van der Waals surface area (Å²) in [5.74, 6) is -0.869. The van der Waals surface area contributed by atoms with Crippen molar-refractivity contribution in [3.8, 4) is 0 Å². The number of aromatic nitrogens is 2. The van der Waals surface area contributed by atoms with Crippen LogP contribution in [-0.4, -0.2) is 21.0 Å². The number of fused-ring (bicyclic) bond motifs is 1. The van der Waals surface area contributed by atoms with E-state index in [0.717, 1.165) is 16.5 Å². The fraction of sp³-hybridized carbons (Fsp3) is 0. The molecule has 2 aromatic heterocycles. The van der Waals surface area contributed by atoms with E-state index in [1.165, 1.54) is 12.1 Å². The smallest absolute Gasteiger partial charge is 0.339 e. The van der Waals surface area contributed by atoms with Crippen molar-refractivity contribution < 1.29 is 9.90 Å². The zero-order valence-corrected chi connectivity index (χ0v) is 11.5. The van der Waals surface area contributed by atoms with Crippen LogP contribution in [-0.2, 0) is 0 Å². The van der Waals surface area contributed by atoms with Gasteiger partial charge < -0.3 is 10.4 Å². The van der Waals surface area contributed by atoms with Crippen LogP contribution in [0, 0.1) is 0 Å². The molecule has 0 amide bonds. The van der Waals surface area contributed by atoms with Crippen molar-refractivity contribution in [2.24, 2.45) is 0 Å². The molecule has 2 heterocycles. The molecule has 0 aliphatic rings. The maximum absolute atomic E-state index is 11.3. The van der Waals surface area contributed by atoms with Gasteiger partial charge in [-0.2, -0.15) is 0 Å². The zero-order chi connectivity index (χ0) is 14.8. The summed E-state index contributed by atoms with van der Waals surface area (Å²) >= 11 is 5.85. The first-order valence-corrected chi connectivity index (χ1v) is 6.52. The Kier molecular flexibility index (Phi) is 3.41. The minimum absolute atomic E-state index is 0.0558. The van der Waals surface area contributed by atoms with Gasteiger partial charge >= 0.3 is 5.97 Å². The van der Waals surface area contributed by atoms with Gasteiger partial charge in [0.15, 0.2) is 0 Å². The number of hydrogen-bond acceptors (Lipinski definition) is 4. The summed E-state index contributed by atoms with van der Waals surface area (Å²) < 4.78 is 0. The van der Waals surface area contributed by atoms with E-state index in [1.54, 1.807) is 12.4 Å². The molecule has 0 aliphatic heterocycles. The summed E-state index contributed by atoms with van der Waals surface area (Å²) in [6.07, 6.45) is 3.41. The normalized spacial score (nSPS) is 10.5. The number of pyridine rings is 2. The molecule has 0 aliphatic carbocycles. The largest absolute Gasteiger partial charge is 0.478 e. The highest BCUT2D eigenvalue weighted by Crippen LogP contribution is 2.27. The molecule has 2 N–H and O–H groups in total. The maximum atomic E-state index is 11.3. The fourth-order valence-electron chi connectivity index (χ4n) is 2.05. The van der Waals surface area contributed by atoms with Gasteiger partial charge in [-0.25, -0.2) is 9.78 Å². The lowest BCUT2D eigenvalue weighted by atomic mass is 10.1. The Hall–Kier alpha value is -2.66. The highest BCUT2D eigenvalue weighted by molar-refractivity contribution is 6.29. The lowest BCUT2D eigenvalue weighted by Gasteiger charge is -2.11. The number of rotatable bonds is 3. The van der Waals surface area contributed by atoms with Gasteiger partial charge in [0.1, 0.15) is 16.5 Å². The molecule has 1 aromatic carbocycles. The summed E-state index contributed by atoms with van der Waals surface area (Å²) in [6, 6.07) is 10.4. The van der Waals surface area contributed by atoms with Crippen LogP contribution in [0.5, 0.6) is 0 Å². The Morgan fingerprint density at radius 2 is 2.05 bits per heavy atom. The van der Waals surface area contributed by atoms with Gasteiger partial charge in [-0.3, -0.25) is 4.98 Å². The Morgan fingerprint density at radius 1 is 1.19 bits per heavy atom. The minimum Gasteiger partial charge on any atom is -0.478 e. The number of benzene rings is 1. The van der Waals surface area contributed by atoms with Crippen LogP contribution in [0.2, 0.25) is 5.15 Å². The standard InChI is InChI=1S/C15H10ClN3O2/c16-13-5-4-10(15(20)21)14(19-13)18-12-3-1-2-9-6-7-17-8-11(9)12/h1-8H,(H,18,19)(H,20,21). The molecule has 0 radical (unpaired) electrons. The van der Waals surface area contributed by atoms with Crippen molar-refractivity contribution in [2.45, 2.75) is 0 Å². The molecule has 0 atom stereocenters. The molecular weight excluding hydrogens is 290 g/mol. The number of hydrogen-bond donors (Lipinski definition) is 2. The summed E-state index contributed by atoms with van der Waals surface area (Å²) in [5, 5.41) is 14.3. The number of anilines is 2.